The number of hydrogen-bond acceptors (Lipinski definition) is 2. The van der Waals surface area contributed by atoms with Gasteiger partial charge in [-0.05, 0) is 25.4 Å². The predicted molar refractivity (Wildman–Crippen MR) is 49.5 cm³/mol. The lowest BCUT2D eigenvalue weighted by atomic mass is 10.1. The number of rotatable bonds is 7. The van der Waals surface area contributed by atoms with Crippen LogP contribution in [0, 0.1) is 11.8 Å². The van der Waals surface area contributed by atoms with Crippen molar-refractivity contribution in [1.82, 2.24) is 5.32 Å². The first kappa shape index (κ1) is 13.3. The van der Waals surface area contributed by atoms with Crippen LogP contribution in [0.2, 0.25) is 0 Å². The Balaban J connectivity index is 3.67. The molecule has 0 bridgehead atoms. The fourth-order valence-electron chi connectivity index (χ4n) is 1.01. The van der Waals surface area contributed by atoms with E-state index < -0.39 is 18.3 Å². The Bertz CT molecular complexity index is 174. The fourth-order valence-corrected chi connectivity index (χ4v) is 1.01. The van der Waals surface area contributed by atoms with E-state index in [1.807, 2.05) is 13.8 Å². The summed E-state index contributed by atoms with van der Waals surface area (Å²) < 4.78 is 24.3. The van der Waals surface area contributed by atoms with Crippen LogP contribution < -0.4 is 5.32 Å². The molecule has 0 aromatic rings. The molecule has 0 aliphatic rings. The van der Waals surface area contributed by atoms with Gasteiger partial charge in [-0.15, -0.1) is 0 Å². The van der Waals surface area contributed by atoms with Gasteiger partial charge in [-0.25, -0.2) is 8.78 Å². The largest absolute Gasteiger partial charge is 0.481 e. The summed E-state index contributed by atoms with van der Waals surface area (Å²) in [6.07, 6.45) is -2.81. The molecule has 5 heteroatoms. The van der Waals surface area contributed by atoms with Crippen LogP contribution in [0.5, 0.6) is 0 Å². The molecule has 0 amide bonds. The van der Waals surface area contributed by atoms with E-state index in [9.17, 15) is 13.6 Å². The number of alkyl halides is 2. The predicted octanol–water partition coefficient (Wildman–Crippen LogP) is 1.59. The van der Waals surface area contributed by atoms with Crippen molar-refractivity contribution in [3.8, 4) is 0 Å². The van der Waals surface area contributed by atoms with Crippen molar-refractivity contribution < 1.29 is 18.7 Å². The molecule has 0 aliphatic carbocycles. The summed E-state index contributed by atoms with van der Waals surface area (Å²) in [6, 6.07) is 0. The molecule has 3 nitrogen and oxygen atoms in total. The van der Waals surface area contributed by atoms with E-state index in [0.29, 0.717) is 12.5 Å². The van der Waals surface area contributed by atoms with E-state index in [2.05, 4.69) is 5.32 Å². The van der Waals surface area contributed by atoms with Crippen LogP contribution in [-0.2, 0) is 4.79 Å². The second-order valence-corrected chi connectivity index (χ2v) is 3.67. The lowest BCUT2D eigenvalue weighted by Crippen LogP contribution is -2.28. The minimum absolute atomic E-state index is 0.0281. The molecule has 0 spiro atoms. The number of carboxylic acid groups (broad SMARTS) is 1. The van der Waals surface area contributed by atoms with E-state index in [0.717, 1.165) is 6.54 Å². The zero-order chi connectivity index (χ0) is 11.1. The van der Waals surface area contributed by atoms with Crippen LogP contribution >= 0.6 is 0 Å². The van der Waals surface area contributed by atoms with Gasteiger partial charge in [-0.1, -0.05) is 13.8 Å². The van der Waals surface area contributed by atoms with Gasteiger partial charge in [0.05, 0.1) is 0 Å². The third-order valence-corrected chi connectivity index (χ3v) is 1.81. The van der Waals surface area contributed by atoms with Gasteiger partial charge in [0.2, 0.25) is 0 Å². The summed E-state index contributed by atoms with van der Waals surface area (Å²) in [4.78, 5) is 10.4. The summed E-state index contributed by atoms with van der Waals surface area (Å²) in [7, 11) is 0. The number of aliphatic carboxylic acids is 1. The smallest absolute Gasteiger partial charge is 0.312 e. The van der Waals surface area contributed by atoms with Gasteiger partial charge in [0, 0.05) is 0 Å². The number of halogens is 2. The van der Waals surface area contributed by atoms with Gasteiger partial charge in [0.1, 0.15) is 5.92 Å². The quantitative estimate of drug-likeness (QED) is 0.626. The SMILES string of the molecule is CC(C)CNCCC(C(=O)O)C(F)F. The van der Waals surface area contributed by atoms with Gasteiger partial charge in [-0.3, -0.25) is 4.79 Å². The monoisotopic (exact) mass is 209 g/mol. The maximum Gasteiger partial charge on any atom is 0.312 e. The van der Waals surface area contributed by atoms with Crippen LogP contribution in [0.3, 0.4) is 0 Å². The van der Waals surface area contributed by atoms with Gasteiger partial charge < -0.3 is 10.4 Å². The Labute approximate surface area is 82.5 Å². The zero-order valence-electron chi connectivity index (χ0n) is 8.46. The third kappa shape index (κ3) is 5.85. The molecule has 0 heterocycles. The van der Waals surface area contributed by atoms with Gasteiger partial charge in [0.25, 0.3) is 6.43 Å². The van der Waals surface area contributed by atoms with Gasteiger partial charge in [0.15, 0.2) is 0 Å². The Kier molecular flexibility index (Phi) is 6.36. The van der Waals surface area contributed by atoms with Gasteiger partial charge >= 0.3 is 5.97 Å². The van der Waals surface area contributed by atoms with Crippen molar-refractivity contribution in [3.05, 3.63) is 0 Å². The van der Waals surface area contributed by atoms with Crippen molar-refractivity contribution in [2.75, 3.05) is 13.1 Å². The molecule has 0 rings (SSSR count). The molecule has 1 unspecified atom stereocenters. The van der Waals surface area contributed by atoms with E-state index in [1.165, 1.54) is 0 Å². The minimum Gasteiger partial charge on any atom is -0.481 e. The number of carboxylic acids is 1. The molecule has 0 saturated carbocycles. The fraction of sp³-hybridized carbons (Fsp3) is 0.889. The lowest BCUT2D eigenvalue weighted by molar-refractivity contribution is -0.147. The highest BCUT2D eigenvalue weighted by molar-refractivity contribution is 5.70. The first-order valence-electron chi connectivity index (χ1n) is 4.66. The highest BCUT2D eigenvalue weighted by Gasteiger charge is 2.27. The van der Waals surface area contributed by atoms with Crippen LogP contribution in [0.25, 0.3) is 0 Å². The number of carbonyl (C=O) groups is 1. The summed E-state index contributed by atoms with van der Waals surface area (Å²) in [5.41, 5.74) is 0. The molecule has 14 heavy (non-hydrogen) atoms. The minimum atomic E-state index is -2.78. The standard InChI is InChI=1S/C9H17F2NO2/c1-6(2)5-12-4-3-7(8(10)11)9(13)14/h6-8,12H,3-5H2,1-2H3,(H,13,14). The Morgan fingerprint density at radius 2 is 2.00 bits per heavy atom. The highest BCUT2D eigenvalue weighted by Crippen LogP contribution is 2.13. The topological polar surface area (TPSA) is 49.3 Å². The van der Waals surface area contributed by atoms with Crippen molar-refractivity contribution in [3.63, 3.8) is 0 Å². The molecule has 0 aliphatic heterocycles. The molecule has 0 aromatic heterocycles. The van der Waals surface area contributed by atoms with Crippen molar-refractivity contribution in [1.29, 1.82) is 0 Å². The molecule has 0 radical (unpaired) electrons. The molecule has 0 saturated heterocycles. The summed E-state index contributed by atoms with van der Waals surface area (Å²) in [5, 5.41) is 11.4. The zero-order valence-corrected chi connectivity index (χ0v) is 8.46. The number of hydrogen-bond donors (Lipinski definition) is 2. The van der Waals surface area contributed by atoms with Crippen LogP contribution in [0.4, 0.5) is 8.78 Å². The lowest BCUT2D eigenvalue weighted by Gasteiger charge is -2.12. The molecular formula is C9H17F2NO2. The van der Waals surface area contributed by atoms with Crippen LogP contribution in [0.1, 0.15) is 20.3 Å². The third-order valence-electron chi connectivity index (χ3n) is 1.81. The van der Waals surface area contributed by atoms with Crippen molar-refractivity contribution >= 4 is 5.97 Å². The summed E-state index contributed by atoms with van der Waals surface area (Å²) >= 11 is 0. The maximum absolute atomic E-state index is 12.1. The Hall–Kier alpha value is -0.710. The number of nitrogens with one attached hydrogen (secondary N) is 1. The van der Waals surface area contributed by atoms with E-state index in [4.69, 9.17) is 5.11 Å². The normalized spacial score (nSPS) is 13.6. The summed E-state index contributed by atoms with van der Waals surface area (Å²) in [6.45, 7) is 5.03. The van der Waals surface area contributed by atoms with Gasteiger partial charge in [-0.2, -0.15) is 0 Å². The van der Waals surface area contributed by atoms with E-state index in [-0.39, 0.29) is 6.42 Å². The van der Waals surface area contributed by atoms with E-state index >= 15 is 0 Å². The highest BCUT2D eigenvalue weighted by atomic mass is 19.3. The molecule has 84 valence electrons. The molecule has 0 aromatic carbocycles. The summed E-state index contributed by atoms with van der Waals surface area (Å²) in [5.74, 6) is -2.54. The Morgan fingerprint density at radius 3 is 2.36 bits per heavy atom. The average molecular weight is 209 g/mol. The molecule has 2 N–H and O–H groups in total. The maximum atomic E-state index is 12.1. The Morgan fingerprint density at radius 1 is 1.43 bits per heavy atom. The first-order valence-corrected chi connectivity index (χ1v) is 4.66. The van der Waals surface area contributed by atoms with Crippen LogP contribution in [0.15, 0.2) is 0 Å². The average Bonchev–Trinajstić information content (AvgIpc) is 2.01. The molecule has 1 atom stereocenters. The second kappa shape index (κ2) is 6.70. The van der Waals surface area contributed by atoms with E-state index in [1.54, 1.807) is 0 Å². The molecule has 0 fully saturated rings. The van der Waals surface area contributed by atoms with Crippen LogP contribution in [-0.4, -0.2) is 30.6 Å². The second-order valence-electron chi connectivity index (χ2n) is 3.67. The first-order chi connectivity index (χ1) is 6.45. The van der Waals surface area contributed by atoms with Crippen molar-refractivity contribution in [2.45, 2.75) is 26.7 Å². The molecular weight excluding hydrogens is 192 g/mol. The van der Waals surface area contributed by atoms with Crippen molar-refractivity contribution in [2.24, 2.45) is 11.8 Å².